The van der Waals surface area contributed by atoms with Crippen LogP contribution in [-0.2, 0) is 0 Å². The first kappa shape index (κ1) is 11.6. The van der Waals surface area contributed by atoms with E-state index in [2.05, 4.69) is 0 Å². The molecule has 3 nitrogen and oxygen atoms in total. The highest BCUT2D eigenvalue weighted by atomic mass is 32.2. The van der Waals surface area contributed by atoms with Crippen LogP contribution >= 0.6 is 11.8 Å². The van der Waals surface area contributed by atoms with Crippen molar-refractivity contribution in [3.05, 3.63) is 36.0 Å². The second kappa shape index (κ2) is 4.30. The lowest BCUT2D eigenvalue weighted by Gasteiger charge is -2.14. The number of aliphatic hydroxyl groups is 1. The quantitative estimate of drug-likeness (QED) is 0.856. The second-order valence-electron chi connectivity index (χ2n) is 4.25. The Morgan fingerprint density at radius 3 is 2.94 bits per heavy atom. The fourth-order valence-electron chi connectivity index (χ4n) is 2.43. The maximum absolute atomic E-state index is 11.9. The van der Waals surface area contributed by atoms with Gasteiger partial charge in [0.15, 0.2) is 0 Å². The maximum atomic E-state index is 11.9. The monoisotopic (exact) mass is 259 g/mol. The summed E-state index contributed by atoms with van der Waals surface area (Å²) in [6.45, 7) is 1.53. The van der Waals surface area contributed by atoms with Gasteiger partial charge in [-0.3, -0.25) is 9.36 Å². The summed E-state index contributed by atoms with van der Waals surface area (Å²) in [7, 11) is 0. The molecule has 0 unspecified atom stereocenters. The van der Waals surface area contributed by atoms with Crippen LogP contribution in [0.1, 0.15) is 17.4 Å². The van der Waals surface area contributed by atoms with E-state index in [0.717, 1.165) is 32.8 Å². The first-order chi connectivity index (χ1) is 8.74. The Morgan fingerprint density at radius 2 is 2.22 bits per heavy atom. The number of hydrogen-bond donors (Lipinski definition) is 1. The number of nitrogens with zero attached hydrogens (tertiary/aromatic N) is 1. The number of carbonyl (C=O) groups is 1. The molecule has 0 atom stereocenters. The molecule has 0 aliphatic carbocycles. The highest BCUT2D eigenvalue weighted by molar-refractivity contribution is 7.99. The molecule has 1 aliphatic heterocycles. The number of thioether (sulfide) groups is 1. The lowest BCUT2D eigenvalue weighted by Crippen LogP contribution is -2.12. The van der Waals surface area contributed by atoms with Gasteiger partial charge < -0.3 is 5.11 Å². The van der Waals surface area contributed by atoms with Gasteiger partial charge in [0.25, 0.3) is 0 Å². The van der Waals surface area contributed by atoms with Crippen molar-refractivity contribution in [1.29, 1.82) is 0 Å². The topological polar surface area (TPSA) is 42.2 Å². The SMILES string of the molecule is CC(=O)n1c2c(c3ccccc31)SCC=C2CO. The highest BCUT2D eigenvalue weighted by Crippen LogP contribution is 2.40. The summed E-state index contributed by atoms with van der Waals surface area (Å²) in [5.74, 6) is 0.823. The molecular formula is C14H13NO2S. The van der Waals surface area contributed by atoms with E-state index in [4.69, 9.17) is 0 Å². The molecule has 92 valence electrons. The number of fused-ring (bicyclic) bond motifs is 3. The number of aliphatic hydroxyl groups excluding tert-OH is 1. The summed E-state index contributed by atoms with van der Waals surface area (Å²) in [5.41, 5.74) is 2.63. The third kappa shape index (κ3) is 1.53. The van der Waals surface area contributed by atoms with Crippen molar-refractivity contribution in [2.75, 3.05) is 12.4 Å². The summed E-state index contributed by atoms with van der Waals surface area (Å²) in [5, 5.41) is 10.6. The van der Waals surface area contributed by atoms with Gasteiger partial charge in [-0.1, -0.05) is 24.3 Å². The van der Waals surface area contributed by atoms with Crippen molar-refractivity contribution in [2.45, 2.75) is 11.8 Å². The molecule has 18 heavy (non-hydrogen) atoms. The molecule has 0 bridgehead atoms. The van der Waals surface area contributed by atoms with Gasteiger partial charge in [-0.25, -0.2) is 0 Å². The van der Waals surface area contributed by atoms with E-state index in [1.54, 1.807) is 23.3 Å². The molecule has 1 N–H and O–H groups in total. The van der Waals surface area contributed by atoms with Crippen LogP contribution < -0.4 is 0 Å². The van der Waals surface area contributed by atoms with Gasteiger partial charge in [-0.2, -0.15) is 0 Å². The molecule has 0 radical (unpaired) electrons. The van der Waals surface area contributed by atoms with Crippen LogP contribution in [0.25, 0.3) is 16.5 Å². The van der Waals surface area contributed by atoms with Crippen molar-refractivity contribution in [3.8, 4) is 0 Å². The second-order valence-corrected chi connectivity index (χ2v) is 5.28. The fraction of sp³-hybridized carbons (Fsp3) is 0.214. The van der Waals surface area contributed by atoms with Crippen molar-refractivity contribution in [2.24, 2.45) is 0 Å². The zero-order valence-electron chi connectivity index (χ0n) is 10.0. The Kier molecular flexibility index (Phi) is 2.76. The van der Waals surface area contributed by atoms with Crippen molar-refractivity contribution in [3.63, 3.8) is 0 Å². The largest absolute Gasteiger partial charge is 0.392 e. The van der Waals surface area contributed by atoms with Crippen LogP contribution in [0.2, 0.25) is 0 Å². The van der Waals surface area contributed by atoms with Crippen LogP contribution in [0.4, 0.5) is 0 Å². The van der Waals surface area contributed by atoms with Gasteiger partial charge >= 0.3 is 0 Å². The summed E-state index contributed by atoms with van der Waals surface area (Å²) < 4.78 is 1.71. The van der Waals surface area contributed by atoms with Gasteiger partial charge in [0.1, 0.15) is 0 Å². The number of hydrogen-bond acceptors (Lipinski definition) is 3. The average molecular weight is 259 g/mol. The van der Waals surface area contributed by atoms with Gasteiger partial charge in [0.05, 0.1) is 17.8 Å². The predicted octanol–water partition coefficient (Wildman–Crippen LogP) is 2.78. The number of carbonyl (C=O) groups excluding carboxylic acids is 1. The van der Waals surface area contributed by atoms with Gasteiger partial charge in [0.2, 0.25) is 5.91 Å². The van der Waals surface area contributed by atoms with E-state index in [9.17, 15) is 9.90 Å². The Morgan fingerprint density at radius 1 is 1.44 bits per heavy atom. The van der Waals surface area contributed by atoms with E-state index in [-0.39, 0.29) is 12.5 Å². The van der Waals surface area contributed by atoms with Crippen LogP contribution in [0.3, 0.4) is 0 Å². The molecular weight excluding hydrogens is 246 g/mol. The molecule has 3 rings (SSSR count). The first-order valence-electron chi connectivity index (χ1n) is 5.81. The third-order valence-electron chi connectivity index (χ3n) is 3.18. The summed E-state index contributed by atoms with van der Waals surface area (Å²) in [6, 6.07) is 7.89. The normalized spacial score (nSPS) is 14.4. The average Bonchev–Trinajstić information content (AvgIpc) is 2.73. The number of benzene rings is 1. The van der Waals surface area contributed by atoms with E-state index in [1.165, 1.54) is 0 Å². The molecule has 0 amide bonds. The zero-order chi connectivity index (χ0) is 12.7. The Labute approximate surface area is 109 Å². The number of rotatable bonds is 1. The number of aromatic nitrogens is 1. The molecule has 1 aromatic heterocycles. The molecule has 4 heteroatoms. The lowest BCUT2D eigenvalue weighted by molar-refractivity contribution is 0.0940. The summed E-state index contributed by atoms with van der Waals surface area (Å²) in [4.78, 5) is 13.0. The minimum absolute atomic E-state index is 0.0192. The van der Waals surface area contributed by atoms with Crippen LogP contribution in [0.15, 0.2) is 35.2 Å². The van der Waals surface area contributed by atoms with Crippen LogP contribution in [0, 0.1) is 0 Å². The standard InChI is InChI=1S/C14H13NO2S/c1-9(17)15-12-5-3-2-4-11(12)14-13(15)10(8-16)6-7-18-14/h2-6,16H,7-8H2,1H3. The van der Waals surface area contributed by atoms with Crippen molar-refractivity contribution in [1.82, 2.24) is 4.57 Å². The molecule has 1 aliphatic rings. The fourth-order valence-corrected chi connectivity index (χ4v) is 3.57. The van der Waals surface area contributed by atoms with Gasteiger partial charge in [-0.15, -0.1) is 11.8 Å². The highest BCUT2D eigenvalue weighted by Gasteiger charge is 2.24. The lowest BCUT2D eigenvalue weighted by atomic mass is 10.1. The van der Waals surface area contributed by atoms with E-state index >= 15 is 0 Å². The minimum Gasteiger partial charge on any atom is -0.392 e. The maximum Gasteiger partial charge on any atom is 0.228 e. The molecule has 1 aromatic carbocycles. The molecule has 0 saturated carbocycles. The molecule has 0 spiro atoms. The van der Waals surface area contributed by atoms with Crippen LogP contribution in [0.5, 0.6) is 0 Å². The minimum atomic E-state index is -0.0306. The Bertz CT molecular complexity index is 670. The van der Waals surface area contributed by atoms with E-state index < -0.39 is 0 Å². The smallest absolute Gasteiger partial charge is 0.228 e. The van der Waals surface area contributed by atoms with Crippen molar-refractivity contribution < 1.29 is 9.90 Å². The molecule has 2 heterocycles. The Hall–Kier alpha value is -1.52. The molecule has 2 aromatic rings. The van der Waals surface area contributed by atoms with Crippen molar-refractivity contribution >= 4 is 34.1 Å². The first-order valence-corrected chi connectivity index (χ1v) is 6.80. The van der Waals surface area contributed by atoms with E-state index in [0.29, 0.717) is 0 Å². The Balaban J connectivity index is 2.44. The molecule has 0 fully saturated rings. The van der Waals surface area contributed by atoms with Crippen LogP contribution in [-0.4, -0.2) is 27.9 Å². The summed E-state index contributed by atoms with van der Waals surface area (Å²) >= 11 is 1.72. The van der Waals surface area contributed by atoms with E-state index in [1.807, 2.05) is 30.3 Å². The number of para-hydroxylation sites is 1. The third-order valence-corrected chi connectivity index (χ3v) is 4.21. The zero-order valence-corrected chi connectivity index (χ0v) is 10.8. The summed E-state index contributed by atoms with van der Waals surface area (Å²) in [6.07, 6.45) is 1.99. The molecule has 0 saturated heterocycles. The predicted molar refractivity (Wildman–Crippen MR) is 74.0 cm³/mol. The van der Waals surface area contributed by atoms with Gasteiger partial charge in [0, 0.05) is 23.0 Å². The van der Waals surface area contributed by atoms with Gasteiger partial charge in [-0.05, 0) is 11.6 Å².